The van der Waals surface area contributed by atoms with Crippen LogP contribution in [0.2, 0.25) is 0 Å². The molecular weight excluding hydrogens is 204 g/mol. The van der Waals surface area contributed by atoms with Gasteiger partial charge in [0.25, 0.3) is 0 Å². The van der Waals surface area contributed by atoms with Crippen LogP contribution >= 0.6 is 0 Å². The van der Waals surface area contributed by atoms with Gasteiger partial charge in [0.15, 0.2) is 5.78 Å². The van der Waals surface area contributed by atoms with Gasteiger partial charge in [0, 0.05) is 18.5 Å². The fourth-order valence-corrected chi connectivity index (χ4v) is 3.33. The van der Waals surface area contributed by atoms with E-state index >= 15 is 0 Å². The Kier molecular flexibility index (Phi) is 2.57. The zero-order valence-electron chi connectivity index (χ0n) is 10.0. The third-order valence-corrected chi connectivity index (χ3v) is 4.42. The Morgan fingerprint density at radius 3 is 2.75 bits per heavy atom. The van der Waals surface area contributed by atoms with E-state index in [9.17, 15) is 9.59 Å². The highest BCUT2D eigenvalue weighted by Gasteiger charge is 2.64. The van der Waals surface area contributed by atoms with Crippen LogP contribution in [0.4, 0.5) is 0 Å². The molecule has 90 valence electrons. The summed E-state index contributed by atoms with van der Waals surface area (Å²) in [4.78, 5) is 24.4. The van der Waals surface area contributed by atoms with Crippen molar-refractivity contribution in [3.63, 3.8) is 0 Å². The molecule has 4 nitrogen and oxygen atoms in total. The van der Waals surface area contributed by atoms with E-state index in [4.69, 9.17) is 5.73 Å². The van der Waals surface area contributed by atoms with Crippen molar-refractivity contribution in [1.82, 2.24) is 5.32 Å². The van der Waals surface area contributed by atoms with Gasteiger partial charge in [-0.3, -0.25) is 9.59 Å². The summed E-state index contributed by atoms with van der Waals surface area (Å²) in [7, 11) is 0. The average Bonchev–Trinajstić information content (AvgIpc) is 2.76. The summed E-state index contributed by atoms with van der Waals surface area (Å²) in [6, 6.07) is 0. The Morgan fingerprint density at radius 2 is 2.25 bits per heavy atom. The van der Waals surface area contributed by atoms with Gasteiger partial charge in [-0.05, 0) is 25.2 Å². The first-order valence-corrected chi connectivity index (χ1v) is 5.98. The molecule has 0 aromatic carbocycles. The van der Waals surface area contributed by atoms with Crippen molar-refractivity contribution in [2.24, 2.45) is 22.5 Å². The lowest BCUT2D eigenvalue weighted by atomic mass is 9.70. The molecule has 2 fully saturated rings. The standard InChI is InChI=1S/C12H20N2O2/c1-11(2)8-3-4-12(7-8,9(11)15)10(16)14-6-5-13/h8H,3-7,13H2,1-2H3,(H,14,16)/t8-,12+/m0/s1. The Balaban J connectivity index is 2.20. The van der Waals surface area contributed by atoms with Crippen LogP contribution < -0.4 is 11.1 Å². The van der Waals surface area contributed by atoms with Crippen LogP contribution in [0, 0.1) is 16.7 Å². The van der Waals surface area contributed by atoms with Crippen LogP contribution in [0.1, 0.15) is 33.1 Å². The molecule has 2 saturated carbocycles. The number of hydrogen-bond donors (Lipinski definition) is 2. The monoisotopic (exact) mass is 224 g/mol. The van der Waals surface area contributed by atoms with E-state index in [1.54, 1.807) is 0 Å². The van der Waals surface area contributed by atoms with Gasteiger partial charge in [0.2, 0.25) is 5.91 Å². The van der Waals surface area contributed by atoms with Gasteiger partial charge in [-0.15, -0.1) is 0 Å². The van der Waals surface area contributed by atoms with Gasteiger partial charge in [-0.25, -0.2) is 0 Å². The Bertz CT molecular complexity index is 338. The molecular formula is C12H20N2O2. The molecule has 0 unspecified atom stereocenters. The number of hydrogen-bond acceptors (Lipinski definition) is 3. The van der Waals surface area contributed by atoms with Crippen LogP contribution in [0.3, 0.4) is 0 Å². The van der Waals surface area contributed by atoms with Crippen molar-refractivity contribution in [2.75, 3.05) is 13.1 Å². The van der Waals surface area contributed by atoms with E-state index in [1.165, 1.54) is 0 Å². The van der Waals surface area contributed by atoms with E-state index < -0.39 is 5.41 Å². The molecule has 2 aliphatic rings. The van der Waals surface area contributed by atoms with E-state index in [0.717, 1.165) is 19.3 Å². The minimum Gasteiger partial charge on any atom is -0.354 e. The zero-order valence-corrected chi connectivity index (χ0v) is 10.0. The molecule has 0 heterocycles. The van der Waals surface area contributed by atoms with Crippen molar-refractivity contribution in [3.8, 4) is 0 Å². The van der Waals surface area contributed by atoms with Crippen molar-refractivity contribution >= 4 is 11.7 Å². The quantitative estimate of drug-likeness (QED) is 0.684. The van der Waals surface area contributed by atoms with Gasteiger partial charge in [-0.2, -0.15) is 0 Å². The minimum atomic E-state index is -0.733. The molecule has 1 amide bonds. The van der Waals surface area contributed by atoms with Gasteiger partial charge in [0.1, 0.15) is 5.41 Å². The second-order valence-corrected chi connectivity index (χ2v) is 5.62. The third kappa shape index (κ3) is 1.32. The Labute approximate surface area is 96.0 Å². The largest absolute Gasteiger partial charge is 0.354 e. The number of carbonyl (C=O) groups excluding carboxylic acids is 2. The smallest absolute Gasteiger partial charge is 0.233 e. The first-order valence-electron chi connectivity index (χ1n) is 5.98. The highest BCUT2D eigenvalue weighted by molar-refractivity contribution is 6.10. The lowest BCUT2D eigenvalue weighted by Gasteiger charge is -2.32. The lowest BCUT2D eigenvalue weighted by molar-refractivity contribution is -0.145. The van der Waals surface area contributed by atoms with E-state index in [0.29, 0.717) is 19.0 Å². The number of fused-ring (bicyclic) bond motifs is 2. The molecule has 0 aromatic rings. The first kappa shape index (κ1) is 11.6. The van der Waals surface area contributed by atoms with Crippen LogP contribution in [0.25, 0.3) is 0 Å². The molecule has 16 heavy (non-hydrogen) atoms. The third-order valence-electron chi connectivity index (χ3n) is 4.42. The van der Waals surface area contributed by atoms with Crippen molar-refractivity contribution < 1.29 is 9.59 Å². The fraction of sp³-hybridized carbons (Fsp3) is 0.833. The summed E-state index contributed by atoms with van der Waals surface area (Å²) in [6.45, 7) is 4.82. The average molecular weight is 224 g/mol. The van der Waals surface area contributed by atoms with Crippen LogP contribution in [0.15, 0.2) is 0 Å². The predicted octanol–water partition coefficient (Wildman–Crippen LogP) is 0.457. The molecule has 0 aliphatic heterocycles. The Morgan fingerprint density at radius 1 is 1.56 bits per heavy atom. The molecule has 0 radical (unpaired) electrons. The van der Waals surface area contributed by atoms with Crippen molar-refractivity contribution in [1.29, 1.82) is 0 Å². The Hall–Kier alpha value is -0.900. The highest BCUT2D eigenvalue weighted by atomic mass is 16.2. The zero-order chi connectivity index (χ0) is 12.0. The number of nitrogens with one attached hydrogen (secondary N) is 1. The van der Waals surface area contributed by atoms with Crippen LogP contribution in [-0.2, 0) is 9.59 Å². The minimum absolute atomic E-state index is 0.101. The number of amides is 1. The molecule has 0 saturated heterocycles. The normalized spacial score (nSPS) is 35.4. The SMILES string of the molecule is CC1(C)C(=O)[C@@]2(C(=O)NCCN)CC[C@H]1C2. The van der Waals surface area contributed by atoms with E-state index in [-0.39, 0.29) is 17.1 Å². The van der Waals surface area contributed by atoms with Crippen molar-refractivity contribution in [2.45, 2.75) is 33.1 Å². The molecule has 0 aromatic heterocycles. The molecule has 3 N–H and O–H groups in total. The second-order valence-electron chi connectivity index (χ2n) is 5.62. The maximum atomic E-state index is 12.3. The summed E-state index contributed by atoms with van der Waals surface area (Å²) >= 11 is 0. The molecule has 2 rings (SSSR count). The molecule has 2 bridgehead atoms. The number of rotatable bonds is 3. The molecule has 2 atom stereocenters. The summed E-state index contributed by atoms with van der Waals surface area (Å²) in [5.74, 6) is 0.408. The number of ketones is 1. The summed E-state index contributed by atoms with van der Waals surface area (Å²) < 4.78 is 0. The van der Waals surface area contributed by atoms with Gasteiger partial charge >= 0.3 is 0 Å². The number of carbonyl (C=O) groups is 2. The highest BCUT2D eigenvalue weighted by Crippen LogP contribution is 2.60. The maximum absolute atomic E-state index is 12.3. The number of nitrogens with two attached hydrogens (primary N) is 1. The predicted molar refractivity (Wildman–Crippen MR) is 60.6 cm³/mol. The van der Waals surface area contributed by atoms with Crippen molar-refractivity contribution in [3.05, 3.63) is 0 Å². The molecule has 4 heteroatoms. The van der Waals surface area contributed by atoms with Crippen LogP contribution in [-0.4, -0.2) is 24.8 Å². The summed E-state index contributed by atoms with van der Waals surface area (Å²) in [5, 5.41) is 2.78. The molecule has 2 aliphatic carbocycles. The number of Topliss-reactive ketones (excluding diaryl/α,β-unsaturated/α-hetero) is 1. The van der Waals surface area contributed by atoms with Gasteiger partial charge in [-0.1, -0.05) is 13.8 Å². The lowest BCUT2D eigenvalue weighted by Crippen LogP contribution is -2.48. The fourth-order valence-electron chi connectivity index (χ4n) is 3.33. The summed E-state index contributed by atoms with van der Waals surface area (Å²) in [6.07, 6.45) is 2.44. The second kappa shape index (κ2) is 3.55. The maximum Gasteiger partial charge on any atom is 0.233 e. The van der Waals surface area contributed by atoms with Crippen LogP contribution in [0.5, 0.6) is 0 Å². The van der Waals surface area contributed by atoms with E-state index in [2.05, 4.69) is 5.32 Å². The molecule has 0 spiro atoms. The topological polar surface area (TPSA) is 72.2 Å². The van der Waals surface area contributed by atoms with E-state index in [1.807, 2.05) is 13.8 Å². The summed E-state index contributed by atoms with van der Waals surface area (Å²) in [5.41, 5.74) is 4.30. The van der Waals surface area contributed by atoms with Gasteiger partial charge in [0.05, 0.1) is 0 Å². The van der Waals surface area contributed by atoms with Gasteiger partial charge < -0.3 is 11.1 Å². The first-order chi connectivity index (χ1) is 7.45.